The van der Waals surface area contributed by atoms with E-state index in [0.717, 1.165) is 24.7 Å². The fourth-order valence-corrected chi connectivity index (χ4v) is 3.01. The third-order valence-electron chi connectivity index (χ3n) is 3.83. The van der Waals surface area contributed by atoms with Crippen LogP contribution < -0.4 is 10.2 Å². The molecule has 2 bridgehead atoms. The van der Waals surface area contributed by atoms with Crippen molar-refractivity contribution in [3.63, 3.8) is 0 Å². The van der Waals surface area contributed by atoms with Gasteiger partial charge in [0.2, 0.25) is 0 Å². The molecule has 2 aliphatic heterocycles. The maximum atomic E-state index is 10.6. The highest BCUT2D eigenvalue weighted by Gasteiger charge is 2.37. The van der Waals surface area contributed by atoms with Crippen LogP contribution in [-0.4, -0.2) is 30.6 Å². The molecule has 90 valence electrons. The number of hydrogen-bond acceptors (Lipinski definition) is 3. The SMILES string of the molecule is O=[N+]([O-])c1ccc(N2CC3C[NH2+]CC2C3)cc1. The third kappa shape index (κ3) is 1.86. The van der Waals surface area contributed by atoms with E-state index in [2.05, 4.69) is 10.2 Å². The Morgan fingerprint density at radius 2 is 2.06 bits per heavy atom. The van der Waals surface area contributed by atoms with Crippen molar-refractivity contribution in [1.82, 2.24) is 0 Å². The molecule has 1 aromatic rings. The van der Waals surface area contributed by atoms with E-state index in [0.29, 0.717) is 6.04 Å². The van der Waals surface area contributed by atoms with Crippen molar-refractivity contribution in [3.05, 3.63) is 34.4 Å². The van der Waals surface area contributed by atoms with E-state index in [1.54, 1.807) is 12.1 Å². The lowest BCUT2D eigenvalue weighted by Crippen LogP contribution is -2.89. The molecular weight excluding hydrogens is 218 g/mol. The van der Waals surface area contributed by atoms with Gasteiger partial charge in [-0.1, -0.05) is 0 Å². The molecule has 0 saturated carbocycles. The number of fused-ring (bicyclic) bond motifs is 2. The van der Waals surface area contributed by atoms with Crippen LogP contribution in [0, 0.1) is 16.0 Å². The molecule has 2 unspecified atom stereocenters. The number of nitrogens with zero attached hydrogens (tertiary/aromatic N) is 2. The molecule has 0 aromatic heterocycles. The lowest BCUT2D eigenvalue weighted by atomic mass is 10.0. The van der Waals surface area contributed by atoms with Crippen LogP contribution in [0.4, 0.5) is 11.4 Å². The van der Waals surface area contributed by atoms with E-state index in [-0.39, 0.29) is 10.6 Å². The average molecular weight is 234 g/mol. The summed E-state index contributed by atoms with van der Waals surface area (Å²) in [5.41, 5.74) is 1.29. The van der Waals surface area contributed by atoms with Crippen molar-refractivity contribution in [2.45, 2.75) is 12.5 Å². The van der Waals surface area contributed by atoms with Crippen molar-refractivity contribution < 1.29 is 10.2 Å². The highest BCUT2D eigenvalue weighted by molar-refractivity contribution is 5.52. The number of benzene rings is 1. The normalized spacial score (nSPS) is 27.2. The van der Waals surface area contributed by atoms with Gasteiger partial charge in [0.05, 0.1) is 24.1 Å². The van der Waals surface area contributed by atoms with Gasteiger partial charge in [-0.3, -0.25) is 10.1 Å². The van der Waals surface area contributed by atoms with Crippen LogP contribution in [0.15, 0.2) is 24.3 Å². The monoisotopic (exact) mass is 234 g/mol. The van der Waals surface area contributed by atoms with E-state index >= 15 is 0 Å². The van der Waals surface area contributed by atoms with Crippen LogP contribution in [0.3, 0.4) is 0 Å². The minimum Gasteiger partial charge on any atom is -0.362 e. The topological polar surface area (TPSA) is 63.0 Å². The van der Waals surface area contributed by atoms with E-state index in [1.807, 2.05) is 12.1 Å². The van der Waals surface area contributed by atoms with Crippen LogP contribution >= 0.6 is 0 Å². The standard InChI is InChI=1S/C12H15N3O2/c16-15(17)11-3-1-10(2-4-11)14-8-9-5-12(14)7-13-6-9/h1-4,9,12-13H,5-8H2/p+1. The van der Waals surface area contributed by atoms with Gasteiger partial charge < -0.3 is 10.2 Å². The lowest BCUT2D eigenvalue weighted by Gasteiger charge is -2.24. The lowest BCUT2D eigenvalue weighted by molar-refractivity contribution is -0.666. The van der Waals surface area contributed by atoms with Gasteiger partial charge >= 0.3 is 0 Å². The molecule has 0 aliphatic carbocycles. The number of nitrogens with two attached hydrogens (primary N) is 1. The van der Waals surface area contributed by atoms with Crippen molar-refractivity contribution in [3.8, 4) is 0 Å². The number of anilines is 1. The Morgan fingerprint density at radius 3 is 2.71 bits per heavy atom. The Labute approximate surface area is 99.6 Å². The quantitative estimate of drug-likeness (QED) is 0.594. The second-order valence-corrected chi connectivity index (χ2v) is 4.94. The number of quaternary nitrogens is 1. The third-order valence-corrected chi connectivity index (χ3v) is 3.83. The molecule has 2 saturated heterocycles. The largest absolute Gasteiger partial charge is 0.362 e. The minimum absolute atomic E-state index is 0.169. The molecule has 2 atom stereocenters. The summed E-state index contributed by atoms with van der Waals surface area (Å²) in [6, 6.07) is 7.55. The zero-order chi connectivity index (χ0) is 11.8. The summed E-state index contributed by atoms with van der Waals surface area (Å²) in [5, 5.41) is 13.0. The molecule has 0 spiro atoms. The Hall–Kier alpha value is -1.62. The molecular formula is C12H16N3O2+. The van der Waals surface area contributed by atoms with Crippen LogP contribution in [0.25, 0.3) is 0 Å². The molecule has 3 rings (SSSR count). The predicted molar refractivity (Wildman–Crippen MR) is 64.0 cm³/mol. The van der Waals surface area contributed by atoms with E-state index in [1.165, 1.54) is 13.0 Å². The highest BCUT2D eigenvalue weighted by atomic mass is 16.6. The number of piperidine rings is 1. The second kappa shape index (κ2) is 4.00. The van der Waals surface area contributed by atoms with Gasteiger partial charge in [0, 0.05) is 30.3 Å². The first-order chi connectivity index (χ1) is 8.24. The van der Waals surface area contributed by atoms with Crippen molar-refractivity contribution in [1.29, 1.82) is 0 Å². The van der Waals surface area contributed by atoms with Crippen LogP contribution in [-0.2, 0) is 0 Å². The molecule has 2 fully saturated rings. The van der Waals surface area contributed by atoms with E-state index in [9.17, 15) is 10.1 Å². The first kappa shape index (κ1) is 10.5. The Morgan fingerprint density at radius 1 is 1.29 bits per heavy atom. The zero-order valence-electron chi connectivity index (χ0n) is 9.58. The van der Waals surface area contributed by atoms with E-state index < -0.39 is 0 Å². The number of hydrogen-bond donors (Lipinski definition) is 1. The summed E-state index contributed by atoms with van der Waals surface area (Å²) in [5.74, 6) is 0.781. The molecule has 1 aromatic carbocycles. The number of rotatable bonds is 2. The maximum Gasteiger partial charge on any atom is 0.269 e. The van der Waals surface area contributed by atoms with Gasteiger partial charge in [-0.15, -0.1) is 0 Å². The molecule has 2 heterocycles. The van der Waals surface area contributed by atoms with Crippen molar-refractivity contribution in [2.75, 3.05) is 24.5 Å². The molecule has 5 heteroatoms. The van der Waals surface area contributed by atoms with Crippen LogP contribution in [0.2, 0.25) is 0 Å². The summed E-state index contributed by atoms with van der Waals surface area (Å²) in [6.45, 7) is 3.46. The summed E-state index contributed by atoms with van der Waals surface area (Å²) in [4.78, 5) is 12.7. The molecule has 0 amide bonds. The average Bonchev–Trinajstić information content (AvgIpc) is 2.64. The fourth-order valence-electron chi connectivity index (χ4n) is 3.01. The predicted octanol–water partition coefficient (Wildman–Crippen LogP) is 0.367. The van der Waals surface area contributed by atoms with Gasteiger partial charge in [-0.2, -0.15) is 0 Å². The molecule has 17 heavy (non-hydrogen) atoms. The summed E-state index contributed by atoms with van der Waals surface area (Å²) >= 11 is 0. The summed E-state index contributed by atoms with van der Waals surface area (Å²) in [6.07, 6.45) is 1.27. The number of nitro benzene ring substituents is 1. The molecule has 2 N–H and O–H groups in total. The van der Waals surface area contributed by atoms with Gasteiger partial charge in [0.1, 0.15) is 0 Å². The van der Waals surface area contributed by atoms with Gasteiger partial charge in [-0.05, 0) is 18.6 Å². The Bertz CT molecular complexity index is 432. The van der Waals surface area contributed by atoms with Gasteiger partial charge in [0.15, 0.2) is 0 Å². The summed E-state index contributed by atoms with van der Waals surface area (Å²) in [7, 11) is 0. The molecule has 5 nitrogen and oxygen atoms in total. The van der Waals surface area contributed by atoms with E-state index in [4.69, 9.17) is 0 Å². The fraction of sp³-hybridized carbons (Fsp3) is 0.500. The van der Waals surface area contributed by atoms with Gasteiger partial charge in [-0.25, -0.2) is 0 Å². The highest BCUT2D eigenvalue weighted by Crippen LogP contribution is 2.30. The minimum atomic E-state index is -0.347. The Kier molecular flexibility index (Phi) is 2.48. The first-order valence-corrected chi connectivity index (χ1v) is 6.07. The molecule has 0 radical (unpaired) electrons. The van der Waals surface area contributed by atoms with Crippen molar-refractivity contribution in [2.24, 2.45) is 5.92 Å². The molecule has 2 aliphatic rings. The smallest absolute Gasteiger partial charge is 0.269 e. The number of nitro groups is 1. The van der Waals surface area contributed by atoms with Crippen molar-refractivity contribution >= 4 is 11.4 Å². The number of non-ortho nitro benzene ring substituents is 1. The Balaban J connectivity index is 1.82. The first-order valence-electron chi connectivity index (χ1n) is 6.07. The van der Waals surface area contributed by atoms with Crippen LogP contribution in [0.5, 0.6) is 0 Å². The maximum absolute atomic E-state index is 10.6. The summed E-state index contributed by atoms with van der Waals surface area (Å²) < 4.78 is 0. The van der Waals surface area contributed by atoms with Crippen LogP contribution in [0.1, 0.15) is 6.42 Å². The second-order valence-electron chi connectivity index (χ2n) is 4.94. The zero-order valence-corrected chi connectivity index (χ0v) is 9.58. The van der Waals surface area contributed by atoms with Gasteiger partial charge in [0.25, 0.3) is 5.69 Å².